The first-order chi connectivity index (χ1) is 14.7. The van der Waals surface area contributed by atoms with E-state index < -0.39 is 37.0 Å². The van der Waals surface area contributed by atoms with Crippen molar-refractivity contribution in [1.29, 1.82) is 0 Å². The molecule has 1 aromatic carbocycles. The normalized spacial score (nSPS) is 10.4. The molecule has 0 bridgehead atoms. The van der Waals surface area contributed by atoms with Crippen LogP contribution in [-0.2, 0) is 19.0 Å². The highest BCUT2D eigenvalue weighted by Crippen LogP contribution is 2.34. The molecule has 1 heterocycles. The van der Waals surface area contributed by atoms with Gasteiger partial charge in [0.05, 0.1) is 25.3 Å². The maximum absolute atomic E-state index is 12.3. The average Bonchev–Trinajstić information content (AvgIpc) is 3.06. The van der Waals surface area contributed by atoms with E-state index in [4.69, 9.17) is 4.74 Å². The molecule has 166 valence electrons. The summed E-state index contributed by atoms with van der Waals surface area (Å²) in [7, 11) is 2.30. The molecule has 0 atom stereocenters. The molecular weight excluding hydrogens is 440 g/mol. The molecule has 0 saturated heterocycles. The third-order valence-corrected chi connectivity index (χ3v) is 4.98. The number of anilines is 1. The largest absolute Gasteiger partial charge is 0.465 e. The van der Waals surface area contributed by atoms with Gasteiger partial charge in [0.25, 0.3) is 5.91 Å². The van der Waals surface area contributed by atoms with E-state index in [1.165, 1.54) is 32.2 Å². The summed E-state index contributed by atoms with van der Waals surface area (Å²) < 4.78 is 42.9. The van der Waals surface area contributed by atoms with Crippen LogP contribution in [0.3, 0.4) is 0 Å². The highest BCUT2D eigenvalue weighted by molar-refractivity contribution is 7.18. The first-order valence-corrected chi connectivity index (χ1v) is 9.31. The Balaban J connectivity index is 2.10. The van der Waals surface area contributed by atoms with E-state index in [0.717, 1.165) is 24.5 Å². The van der Waals surface area contributed by atoms with Crippen LogP contribution in [0.1, 0.15) is 36.0 Å². The third-order valence-electron chi connectivity index (χ3n) is 3.79. The predicted molar refractivity (Wildman–Crippen MR) is 104 cm³/mol. The molecule has 0 aliphatic heterocycles. The number of carbonyl (C=O) groups is 4. The van der Waals surface area contributed by atoms with Gasteiger partial charge in [0.15, 0.2) is 6.61 Å². The Hall–Kier alpha value is -3.54. The van der Waals surface area contributed by atoms with Crippen LogP contribution in [0.25, 0.3) is 0 Å². The van der Waals surface area contributed by atoms with E-state index in [2.05, 4.69) is 19.5 Å². The molecule has 1 amide bonds. The summed E-state index contributed by atoms with van der Waals surface area (Å²) in [5.41, 5.74) is 0.109. The average molecular weight is 457 g/mol. The van der Waals surface area contributed by atoms with Gasteiger partial charge < -0.3 is 24.3 Å². The van der Waals surface area contributed by atoms with Crippen LogP contribution in [0.5, 0.6) is 5.75 Å². The molecule has 2 aromatic rings. The number of ether oxygens (including phenoxy) is 4. The van der Waals surface area contributed by atoms with Crippen LogP contribution in [0.2, 0.25) is 0 Å². The number of alkyl halides is 2. The van der Waals surface area contributed by atoms with Gasteiger partial charge in [-0.2, -0.15) is 8.78 Å². The number of methoxy groups -OCH3 is 2. The van der Waals surface area contributed by atoms with Gasteiger partial charge in [-0.3, -0.25) is 4.79 Å². The molecule has 31 heavy (non-hydrogen) atoms. The molecule has 0 aliphatic rings. The summed E-state index contributed by atoms with van der Waals surface area (Å²) in [5.74, 6) is -3.50. The Labute approximate surface area is 178 Å². The van der Waals surface area contributed by atoms with E-state index in [9.17, 15) is 28.0 Å². The number of carbonyl (C=O) groups excluding carboxylic acids is 4. The molecule has 0 aliphatic carbocycles. The van der Waals surface area contributed by atoms with Gasteiger partial charge in [-0.15, -0.1) is 11.3 Å². The van der Waals surface area contributed by atoms with Crippen LogP contribution in [0, 0.1) is 6.92 Å². The number of hydrogen-bond donors (Lipinski definition) is 1. The number of esters is 3. The van der Waals surface area contributed by atoms with Gasteiger partial charge >= 0.3 is 24.5 Å². The SMILES string of the molecule is COC(=O)c1sc(NC(=O)COC(=O)c2cccc(OC(F)F)c2)c(C(=O)OC)c1C. The van der Waals surface area contributed by atoms with Crippen molar-refractivity contribution >= 4 is 40.2 Å². The molecule has 12 heteroatoms. The number of amides is 1. The Kier molecular flexibility index (Phi) is 8.02. The minimum absolute atomic E-state index is 0.0122. The second-order valence-electron chi connectivity index (χ2n) is 5.77. The van der Waals surface area contributed by atoms with Gasteiger partial charge in [-0.25, -0.2) is 14.4 Å². The van der Waals surface area contributed by atoms with E-state index in [1.54, 1.807) is 0 Å². The molecule has 0 fully saturated rings. The van der Waals surface area contributed by atoms with Crippen molar-refractivity contribution in [2.24, 2.45) is 0 Å². The van der Waals surface area contributed by atoms with Crippen LogP contribution in [0.15, 0.2) is 24.3 Å². The number of thiophene rings is 1. The minimum Gasteiger partial charge on any atom is -0.465 e. The van der Waals surface area contributed by atoms with Crippen molar-refractivity contribution in [2.45, 2.75) is 13.5 Å². The zero-order valence-corrected chi connectivity index (χ0v) is 17.3. The molecule has 2 rings (SSSR count). The van der Waals surface area contributed by atoms with Crippen molar-refractivity contribution in [3.05, 3.63) is 45.8 Å². The van der Waals surface area contributed by atoms with Crippen LogP contribution in [-0.4, -0.2) is 51.3 Å². The fourth-order valence-corrected chi connectivity index (χ4v) is 3.54. The first kappa shape index (κ1) is 23.7. The lowest BCUT2D eigenvalue weighted by molar-refractivity contribution is -0.119. The van der Waals surface area contributed by atoms with Crippen LogP contribution >= 0.6 is 11.3 Å². The second-order valence-corrected chi connectivity index (χ2v) is 6.79. The lowest BCUT2D eigenvalue weighted by Crippen LogP contribution is -2.21. The monoisotopic (exact) mass is 457 g/mol. The summed E-state index contributed by atoms with van der Waals surface area (Å²) >= 11 is 0.794. The van der Waals surface area contributed by atoms with Crippen molar-refractivity contribution in [3.63, 3.8) is 0 Å². The van der Waals surface area contributed by atoms with Gasteiger partial charge in [0, 0.05) is 0 Å². The summed E-state index contributed by atoms with van der Waals surface area (Å²) in [4.78, 5) is 48.3. The van der Waals surface area contributed by atoms with Crippen molar-refractivity contribution < 1.29 is 46.9 Å². The Morgan fingerprint density at radius 2 is 1.74 bits per heavy atom. The molecular formula is C19H17F2NO8S. The van der Waals surface area contributed by atoms with Gasteiger partial charge in [-0.05, 0) is 30.7 Å². The molecule has 9 nitrogen and oxygen atoms in total. The zero-order valence-electron chi connectivity index (χ0n) is 16.5. The highest BCUT2D eigenvalue weighted by Gasteiger charge is 2.27. The maximum Gasteiger partial charge on any atom is 0.387 e. The molecule has 0 unspecified atom stereocenters. The Bertz CT molecular complexity index is 1000. The van der Waals surface area contributed by atoms with Crippen LogP contribution < -0.4 is 10.1 Å². The summed E-state index contributed by atoms with van der Waals surface area (Å²) in [6.07, 6.45) is 0. The molecule has 0 spiro atoms. The molecule has 0 saturated carbocycles. The predicted octanol–water partition coefficient (Wildman–Crippen LogP) is 3.03. The minimum atomic E-state index is -3.06. The second kappa shape index (κ2) is 10.5. The van der Waals surface area contributed by atoms with Crippen molar-refractivity contribution in [1.82, 2.24) is 0 Å². The van der Waals surface area contributed by atoms with Gasteiger partial charge in [0.1, 0.15) is 15.6 Å². The van der Waals surface area contributed by atoms with E-state index in [0.29, 0.717) is 0 Å². The Morgan fingerprint density at radius 1 is 1.06 bits per heavy atom. The summed E-state index contributed by atoms with van der Waals surface area (Å²) in [6, 6.07) is 4.86. The maximum atomic E-state index is 12.3. The van der Waals surface area contributed by atoms with E-state index in [-0.39, 0.29) is 32.3 Å². The molecule has 1 N–H and O–H groups in total. The van der Waals surface area contributed by atoms with E-state index in [1.807, 2.05) is 0 Å². The molecule has 1 aromatic heterocycles. The first-order valence-electron chi connectivity index (χ1n) is 8.49. The third kappa shape index (κ3) is 5.98. The highest BCUT2D eigenvalue weighted by atomic mass is 32.1. The summed E-state index contributed by atoms with van der Waals surface area (Å²) in [6.45, 7) is -2.33. The zero-order chi connectivity index (χ0) is 23.1. The number of rotatable bonds is 8. The van der Waals surface area contributed by atoms with Crippen LogP contribution in [0.4, 0.5) is 13.8 Å². The van der Waals surface area contributed by atoms with Crippen molar-refractivity contribution in [3.8, 4) is 5.75 Å². The van der Waals surface area contributed by atoms with Crippen molar-refractivity contribution in [2.75, 3.05) is 26.1 Å². The molecule has 0 radical (unpaired) electrons. The number of benzene rings is 1. The standard InChI is InChI=1S/C19H17F2NO8S/c1-9-13(17(25)27-2)15(31-14(9)18(26)28-3)22-12(23)8-29-16(24)10-5-4-6-11(7-10)30-19(20)21/h4-7,19H,8H2,1-3H3,(H,22,23). The quantitative estimate of drug-likeness (QED) is 0.475. The smallest absolute Gasteiger partial charge is 0.387 e. The van der Waals surface area contributed by atoms with Gasteiger partial charge in [0.2, 0.25) is 0 Å². The fourth-order valence-electron chi connectivity index (χ4n) is 2.41. The lowest BCUT2D eigenvalue weighted by atomic mass is 10.1. The van der Waals surface area contributed by atoms with Gasteiger partial charge in [-0.1, -0.05) is 6.07 Å². The Morgan fingerprint density at radius 3 is 2.35 bits per heavy atom. The number of nitrogens with one attached hydrogen (secondary N) is 1. The summed E-state index contributed by atoms with van der Waals surface area (Å²) in [5, 5.41) is 2.39. The fraction of sp³-hybridized carbons (Fsp3) is 0.263. The number of halogens is 2. The lowest BCUT2D eigenvalue weighted by Gasteiger charge is -2.08. The van der Waals surface area contributed by atoms with E-state index >= 15 is 0 Å². The number of hydrogen-bond acceptors (Lipinski definition) is 9. The topological polar surface area (TPSA) is 117 Å².